The Labute approximate surface area is 140 Å². The maximum absolute atomic E-state index is 12.3. The predicted molar refractivity (Wildman–Crippen MR) is 89.3 cm³/mol. The van der Waals surface area contributed by atoms with E-state index in [9.17, 15) is 13.2 Å². The number of ether oxygens (including phenoxy) is 1. The third kappa shape index (κ3) is 4.51. The van der Waals surface area contributed by atoms with Crippen molar-refractivity contribution in [2.45, 2.75) is 17.7 Å². The van der Waals surface area contributed by atoms with Gasteiger partial charge in [-0.05, 0) is 39.0 Å². The molecule has 7 nitrogen and oxygen atoms in total. The van der Waals surface area contributed by atoms with Crippen LogP contribution >= 0.6 is 11.3 Å². The lowest BCUT2D eigenvalue weighted by molar-refractivity contribution is 0.0512. The first kappa shape index (κ1) is 18.3. The molecule has 1 fully saturated rings. The molecular formula is C14H23N3O4S2. The molecule has 23 heavy (non-hydrogen) atoms. The molecule has 1 saturated heterocycles. The molecule has 0 spiro atoms. The molecular weight excluding hydrogens is 338 g/mol. The highest BCUT2D eigenvalue weighted by atomic mass is 32.2. The zero-order chi connectivity index (χ0) is 16.9. The standard InChI is InChI=1S/C14H23N3O4S2/c1-15-23(19,20)11-7-12(22-8-11)13(18)17-9-14(10-21-2)3-5-16-6-4-14/h7-8,15-16H,3-6,9-10H2,1-2H3,(H,17,18). The van der Waals surface area contributed by atoms with Gasteiger partial charge in [-0.3, -0.25) is 4.79 Å². The Balaban J connectivity index is 2.01. The van der Waals surface area contributed by atoms with E-state index in [2.05, 4.69) is 15.4 Å². The zero-order valence-electron chi connectivity index (χ0n) is 13.3. The molecule has 1 aromatic rings. The second-order valence-electron chi connectivity index (χ2n) is 5.72. The molecule has 1 aromatic heterocycles. The fourth-order valence-electron chi connectivity index (χ4n) is 2.69. The van der Waals surface area contributed by atoms with Crippen LogP contribution in [0, 0.1) is 5.41 Å². The van der Waals surface area contributed by atoms with E-state index in [-0.39, 0.29) is 16.2 Å². The Morgan fingerprint density at radius 1 is 1.43 bits per heavy atom. The summed E-state index contributed by atoms with van der Waals surface area (Å²) in [6.45, 7) is 2.93. The predicted octanol–water partition coefficient (Wildman–Crippen LogP) is 0.402. The van der Waals surface area contributed by atoms with Crippen molar-refractivity contribution >= 4 is 27.3 Å². The lowest BCUT2D eigenvalue weighted by Gasteiger charge is -2.37. The first-order valence-electron chi connectivity index (χ1n) is 7.42. The summed E-state index contributed by atoms with van der Waals surface area (Å²) in [5, 5.41) is 7.70. The summed E-state index contributed by atoms with van der Waals surface area (Å²) < 4.78 is 31.0. The van der Waals surface area contributed by atoms with Gasteiger partial charge in [0.1, 0.15) is 0 Å². The second kappa shape index (κ2) is 7.71. The van der Waals surface area contributed by atoms with Gasteiger partial charge in [-0.25, -0.2) is 13.1 Å². The van der Waals surface area contributed by atoms with E-state index in [1.165, 1.54) is 18.5 Å². The number of methoxy groups -OCH3 is 1. The fraction of sp³-hybridized carbons (Fsp3) is 0.643. The molecule has 3 N–H and O–H groups in total. The number of sulfonamides is 1. The number of carbonyl (C=O) groups is 1. The van der Waals surface area contributed by atoms with Crippen molar-refractivity contribution in [3.63, 3.8) is 0 Å². The molecule has 0 saturated carbocycles. The molecule has 0 aromatic carbocycles. The average molecular weight is 361 g/mol. The number of amides is 1. The van der Waals surface area contributed by atoms with Crippen LogP contribution in [0.3, 0.4) is 0 Å². The molecule has 2 heterocycles. The van der Waals surface area contributed by atoms with Crippen LogP contribution in [-0.2, 0) is 14.8 Å². The van der Waals surface area contributed by atoms with E-state index in [1.54, 1.807) is 7.11 Å². The van der Waals surface area contributed by atoms with Crippen LogP contribution in [0.15, 0.2) is 16.3 Å². The Bertz CT molecular complexity index is 631. The molecule has 0 atom stereocenters. The smallest absolute Gasteiger partial charge is 0.261 e. The van der Waals surface area contributed by atoms with Crippen molar-refractivity contribution in [2.24, 2.45) is 5.41 Å². The number of hydrogen-bond acceptors (Lipinski definition) is 6. The Kier molecular flexibility index (Phi) is 6.15. The minimum absolute atomic E-state index is 0.0627. The van der Waals surface area contributed by atoms with Crippen LogP contribution in [-0.4, -0.2) is 54.7 Å². The zero-order valence-corrected chi connectivity index (χ0v) is 15.0. The lowest BCUT2D eigenvalue weighted by Crippen LogP contribution is -2.47. The third-order valence-corrected chi connectivity index (χ3v) is 6.59. The van der Waals surface area contributed by atoms with Crippen LogP contribution in [0.4, 0.5) is 0 Å². The molecule has 2 rings (SSSR count). The topological polar surface area (TPSA) is 96.5 Å². The van der Waals surface area contributed by atoms with Crippen molar-refractivity contribution in [1.29, 1.82) is 0 Å². The van der Waals surface area contributed by atoms with E-state index in [0.29, 0.717) is 18.0 Å². The normalized spacial score (nSPS) is 17.8. The summed E-state index contributed by atoms with van der Waals surface area (Å²) >= 11 is 1.12. The summed E-state index contributed by atoms with van der Waals surface area (Å²) in [5.74, 6) is -0.249. The Morgan fingerprint density at radius 3 is 2.74 bits per heavy atom. The van der Waals surface area contributed by atoms with Gasteiger partial charge < -0.3 is 15.4 Å². The maximum atomic E-state index is 12.3. The van der Waals surface area contributed by atoms with Crippen molar-refractivity contribution in [3.05, 3.63) is 16.3 Å². The minimum Gasteiger partial charge on any atom is -0.384 e. The van der Waals surface area contributed by atoms with Crippen molar-refractivity contribution in [1.82, 2.24) is 15.4 Å². The highest BCUT2D eigenvalue weighted by Crippen LogP contribution is 2.28. The fourth-order valence-corrected chi connectivity index (χ4v) is 4.61. The molecule has 9 heteroatoms. The van der Waals surface area contributed by atoms with E-state index >= 15 is 0 Å². The van der Waals surface area contributed by atoms with Gasteiger partial charge in [0.25, 0.3) is 5.91 Å². The first-order valence-corrected chi connectivity index (χ1v) is 9.79. The molecule has 0 bridgehead atoms. The molecule has 1 aliphatic heterocycles. The number of nitrogens with one attached hydrogen (secondary N) is 3. The first-order chi connectivity index (χ1) is 10.9. The van der Waals surface area contributed by atoms with Gasteiger partial charge in [0.2, 0.25) is 10.0 Å². The highest BCUT2D eigenvalue weighted by Gasteiger charge is 2.32. The Morgan fingerprint density at radius 2 is 2.13 bits per heavy atom. The van der Waals surface area contributed by atoms with Crippen LogP contribution in [0.5, 0.6) is 0 Å². The van der Waals surface area contributed by atoms with Gasteiger partial charge in [-0.15, -0.1) is 11.3 Å². The molecule has 0 aliphatic carbocycles. The lowest BCUT2D eigenvalue weighted by atomic mass is 9.79. The second-order valence-corrected chi connectivity index (χ2v) is 8.52. The van der Waals surface area contributed by atoms with Crippen LogP contribution in [0.1, 0.15) is 22.5 Å². The van der Waals surface area contributed by atoms with Crippen LogP contribution in [0.25, 0.3) is 0 Å². The van der Waals surface area contributed by atoms with E-state index in [1.807, 2.05) is 0 Å². The third-order valence-electron chi connectivity index (χ3n) is 4.12. The van der Waals surface area contributed by atoms with Crippen molar-refractivity contribution in [3.8, 4) is 0 Å². The summed E-state index contributed by atoms with van der Waals surface area (Å²) in [6.07, 6.45) is 1.87. The van der Waals surface area contributed by atoms with Gasteiger partial charge in [-0.1, -0.05) is 0 Å². The van der Waals surface area contributed by atoms with Gasteiger partial charge >= 0.3 is 0 Å². The maximum Gasteiger partial charge on any atom is 0.261 e. The van der Waals surface area contributed by atoms with Gasteiger partial charge in [-0.2, -0.15) is 0 Å². The minimum atomic E-state index is -3.51. The summed E-state index contributed by atoms with van der Waals surface area (Å²) in [7, 11) is -0.503. The summed E-state index contributed by atoms with van der Waals surface area (Å²) in [6, 6.07) is 1.40. The number of carbonyl (C=O) groups excluding carboxylic acids is 1. The number of rotatable bonds is 7. The van der Waals surface area contributed by atoms with Gasteiger partial charge in [0.15, 0.2) is 0 Å². The summed E-state index contributed by atoms with van der Waals surface area (Å²) in [4.78, 5) is 12.8. The molecule has 130 valence electrons. The number of thiophene rings is 1. The molecule has 0 radical (unpaired) electrons. The SMILES string of the molecule is CNS(=O)(=O)c1csc(C(=O)NCC2(COC)CCNCC2)c1. The van der Waals surface area contributed by atoms with E-state index in [4.69, 9.17) is 4.74 Å². The van der Waals surface area contributed by atoms with E-state index < -0.39 is 10.0 Å². The van der Waals surface area contributed by atoms with Crippen molar-refractivity contribution in [2.75, 3.05) is 40.4 Å². The van der Waals surface area contributed by atoms with Gasteiger partial charge in [0, 0.05) is 24.4 Å². The number of piperidine rings is 1. The summed E-state index contributed by atoms with van der Waals surface area (Å²) in [5.41, 5.74) is -0.0627. The van der Waals surface area contributed by atoms with E-state index in [0.717, 1.165) is 37.3 Å². The molecule has 1 aliphatic rings. The monoisotopic (exact) mass is 361 g/mol. The Hall–Kier alpha value is -1.00. The van der Waals surface area contributed by atoms with Crippen LogP contribution in [0.2, 0.25) is 0 Å². The molecule has 1 amide bonds. The largest absolute Gasteiger partial charge is 0.384 e. The number of hydrogen-bond donors (Lipinski definition) is 3. The average Bonchev–Trinajstić information content (AvgIpc) is 3.05. The van der Waals surface area contributed by atoms with Crippen molar-refractivity contribution < 1.29 is 17.9 Å². The highest BCUT2D eigenvalue weighted by molar-refractivity contribution is 7.89. The quantitative estimate of drug-likeness (QED) is 0.653. The van der Waals surface area contributed by atoms with Gasteiger partial charge in [0.05, 0.1) is 16.4 Å². The molecule has 0 unspecified atom stereocenters. The van der Waals surface area contributed by atoms with Crippen LogP contribution < -0.4 is 15.4 Å².